The predicted molar refractivity (Wildman–Crippen MR) is 139 cm³/mol. The van der Waals surface area contributed by atoms with Gasteiger partial charge in [0, 0.05) is 54.5 Å². The van der Waals surface area contributed by atoms with Gasteiger partial charge in [-0.15, -0.1) is 12.4 Å². The molecule has 0 aliphatic carbocycles. The highest BCUT2D eigenvalue weighted by Gasteiger charge is 2.18. The Morgan fingerprint density at radius 3 is 2.35 bits per heavy atom. The highest BCUT2D eigenvalue weighted by Crippen LogP contribution is 2.23. The molecule has 1 aromatic heterocycles. The second-order valence-corrected chi connectivity index (χ2v) is 8.64. The van der Waals surface area contributed by atoms with Crippen LogP contribution in [-0.4, -0.2) is 60.6 Å². The first-order valence-electron chi connectivity index (χ1n) is 11.9. The molecule has 0 bridgehead atoms. The lowest BCUT2D eigenvalue weighted by atomic mass is 10.1. The Bertz CT molecular complexity index is 1100. The van der Waals surface area contributed by atoms with Gasteiger partial charge >= 0.3 is 5.97 Å². The van der Waals surface area contributed by atoms with Crippen LogP contribution in [0.1, 0.15) is 36.2 Å². The van der Waals surface area contributed by atoms with Crippen molar-refractivity contribution in [3.63, 3.8) is 0 Å². The van der Waals surface area contributed by atoms with Gasteiger partial charge in [0.05, 0.1) is 6.61 Å². The molecule has 2 heterocycles. The number of Topliss-reactive ketones (excluding diaryl/α,β-unsaturated/α-hetero) is 1. The lowest BCUT2D eigenvalue weighted by Crippen LogP contribution is -2.46. The largest absolute Gasteiger partial charge is 0.465 e. The molecule has 1 aliphatic rings. The Morgan fingerprint density at radius 1 is 0.971 bits per heavy atom. The fourth-order valence-corrected chi connectivity index (χ4v) is 4.63. The summed E-state index contributed by atoms with van der Waals surface area (Å²) in [6.07, 6.45) is 4.19. The molecule has 1 aliphatic heterocycles. The van der Waals surface area contributed by atoms with E-state index in [4.69, 9.17) is 4.74 Å². The van der Waals surface area contributed by atoms with Gasteiger partial charge in [0.25, 0.3) is 0 Å². The molecule has 0 N–H and O–H groups in total. The van der Waals surface area contributed by atoms with Crippen LogP contribution in [0.5, 0.6) is 0 Å². The van der Waals surface area contributed by atoms with Crippen molar-refractivity contribution in [2.24, 2.45) is 0 Å². The number of para-hydroxylation sites is 1. The molecule has 0 saturated carbocycles. The number of hydrogen-bond acceptors (Lipinski definition) is 5. The second-order valence-electron chi connectivity index (χ2n) is 8.64. The molecule has 3 aromatic rings. The van der Waals surface area contributed by atoms with Gasteiger partial charge in [-0.2, -0.15) is 0 Å². The zero-order valence-corrected chi connectivity index (χ0v) is 20.9. The maximum absolute atomic E-state index is 12.0. The number of carbonyl (C=O) groups is 2. The van der Waals surface area contributed by atoms with Gasteiger partial charge in [0.15, 0.2) is 5.78 Å². The molecule has 4 rings (SSSR count). The summed E-state index contributed by atoms with van der Waals surface area (Å²) in [7, 11) is 0. The first kappa shape index (κ1) is 25.8. The van der Waals surface area contributed by atoms with E-state index in [1.807, 2.05) is 29.7 Å². The minimum absolute atomic E-state index is 0. The lowest BCUT2D eigenvalue weighted by molar-refractivity contribution is -0.143. The lowest BCUT2D eigenvalue weighted by Gasteiger charge is -2.36. The maximum Gasteiger partial charge on any atom is 0.325 e. The zero-order valence-electron chi connectivity index (χ0n) is 20.0. The summed E-state index contributed by atoms with van der Waals surface area (Å²) < 4.78 is 7.15. The molecule has 1 fully saturated rings. The van der Waals surface area contributed by atoms with E-state index in [-0.39, 0.29) is 30.7 Å². The Hall–Kier alpha value is -2.83. The SMILES string of the molecule is CCOC(=O)Cn1cc(CCCN2CCN(c3ccc(C(C)=O)cc3)CC2)c2ccccc21.Cl. The summed E-state index contributed by atoms with van der Waals surface area (Å²) in [4.78, 5) is 28.4. The molecule has 1 saturated heterocycles. The first-order valence-corrected chi connectivity index (χ1v) is 11.9. The van der Waals surface area contributed by atoms with E-state index in [0.717, 1.165) is 56.6 Å². The summed E-state index contributed by atoms with van der Waals surface area (Å²) in [5, 5.41) is 1.22. The smallest absolute Gasteiger partial charge is 0.325 e. The minimum atomic E-state index is -0.196. The van der Waals surface area contributed by atoms with Gasteiger partial charge in [-0.1, -0.05) is 18.2 Å². The van der Waals surface area contributed by atoms with Crippen molar-refractivity contribution >= 4 is 40.7 Å². The summed E-state index contributed by atoms with van der Waals surface area (Å²) in [5.41, 5.74) is 4.33. The van der Waals surface area contributed by atoms with Crippen molar-refractivity contribution in [1.29, 1.82) is 0 Å². The number of aromatic nitrogens is 1. The Labute approximate surface area is 207 Å². The maximum atomic E-state index is 12.0. The number of benzene rings is 2. The summed E-state index contributed by atoms with van der Waals surface area (Å²) in [5.74, 6) is -0.0889. The first-order chi connectivity index (χ1) is 16.0. The minimum Gasteiger partial charge on any atom is -0.465 e. The summed E-state index contributed by atoms with van der Waals surface area (Å²) in [6, 6.07) is 16.2. The van der Waals surface area contributed by atoms with Crippen molar-refractivity contribution in [3.8, 4) is 0 Å². The number of piperazine rings is 1. The van der Waals surface area contributed by atoms with Crippen molar-refractivity contribution in [2.45, 2.75) is 33.2 Å². The molecule has 0 spiro atoms. The second kappa shape index (κ2) is 12.0. The van der Waals surface area contributed by atoms with E-state index < -0.39 is 0 Å². The Kier molecular flexibility index (Phi) is 9.13. The average molecular weight is 484 g/mol. The third kappa shape index (κ3) is 6.19. The van der Waals surface area contributed by atoms with Crippen molar-refractivity contribution in [1.82, 2.24) is 9.47 Å². The van der Waals surface area contributed by atoms with Gasteiger partial charge in [-0.3, -0.25) is 14.5 Å². The van der Waals surface area contributed by atoms with E-state index in [1.165, 1.54) is 16.6 Å². The van der Waals surface area contributed by atoms with Gasteiger partial charge in [0.2, 0.25) is 0 Å². The summed E-state index contributed by atoms with van der Waals surface area (Å²) >= 11 is 0. The number of fused-ring (bicyclic) bond motifs is 1. The van der Waals surface area contributed by atoms with E-state index in [1.54, 1.807) is 6.92 Å². The highest BCUT2D eigenvalue weighted by atomic mass is 35.5. The van der Waals surface area contributed by atoms with Crippen LogP contribution in [0.2, 0.25) is 0 Å². The normalized spacial score (nSPS) is 14.1. The van der Waals surface area contributed by atoms with Crippen LogP contribution < -0.4 is 4.90 Å². The molecule has 0 radical (unpaired) electrons. The fraction of sp³-hybridized carbons (Fsp3) is 0.407. The highest BCUT2D eigenvalue weighted by molar-refractivity contribution is 5.94. The number of ether oxygens (including phenoxy) is 1. The molecule has 182 valence electrons. The Balaban J connectivity index is 0.00000324. The van der Waals surface area contributed by atoms with Crippen LogP contribution in [0.25, 0.3) is 10.9 Å². The Morgan fingerprint density at radius 2 is 1.68 bits per heavy atom. The molecule has 0 atom stereocenters. The quantitative estimate of drug-likeness (QED) is 0.329. The number of rotatable bonds is 9. The van der Waals surface area contributed by atoms with Crippen LogP contribution in [0.15, 0.2) is 54.7 Å². The van der Waals surface area contributed by atoms with E-state index in [9.17, 15) is 9.59 Å². The monoisotopic (exact) mass is 483 g/mol. The van der Waals surface area contributed by atoms with Gasteiger partial charge in [-0.25, -0.2) is 0 Å². The van der Waals surface area contributed by atoms with Gasteiger partial charge in [-0.05, 0) is 69.1 Å². The van der Waals surface area contributed by atoms with Crippen LogP contribution >= 0.6 is 12.4 Å². The van der Waals surface area contributed by atoms with Crippen molar-refractivity contribution in [3.05, 3.63) is 65.9 Å². The number of ketones is 1. The third-order valence-electron chi connectivity index (χ3n) is 6.41. The van der Waals surface area contributed by atoms with Crippen molar-refractivity contribution < 1.29 is 14.3 Å². The fourth-order valence-electron chi connectivity index (χ4n) is 4.63. The molecule has 6 nitrogen and oxygen atoms in total. The predicted octanol–water partition coefficient (Wildman–Crippen LogP) is 4.58. The number of nitrogens with zero attached hydrogens (tertiary/aromatic N) is 3. The number of aryl methyl sites for hydroxylation is 1. The standard InChI is InChI=1S/C27H33N3O3.ClH/c1-3-33-27(32)20-30-19-23(25-8-4-5-9-26(25)30)7-6-14-28-15-17-29(18-16-28)24-12-10-22(11-13-24)21(2)31;/h4-5,8-13,19H,3,6-7,14-18,20H2,1-2H3;1H. The van der Waals surface area contributed by atoms with E-state index in [2.05, 4.69) is 46.3 Å². The average Bonchev–Trinajstić information content (AvgIpc) is 3.17. The number of esters is 1. The number of carbonyl (C=O) groups excluding carboxylic acids is 2. The van der Waals surface area contributed by atoms with Gasteiger partial charge in [0.1, 0.15) is 6.54 Å². The van der Waals surface area contributed by atoms with E-state index in [0.29, 0.717) is 6.61 Å². The van der Waals surface area contributed by atoms with Crippen molar-refractivity contribution in [2.75, 3.05) is 44.2 Å². The topological polar surface area (TPSA) is 54.8 Å². The number of hydrogen-bond donors (Lipinski definition) is 0. The van der Waals surface area contributed by atoms with Crippen LogP contribution in [-0.2, 0) is 22.5 Å². The summed E-state index contributed by atoms with van der Waals surface area (Å²) in [6.45, 7) is 9.24. The number of halogens is 1. The molecule has 2 aromatic carbocycles. The molecular formula is C27H34ClN3O3. The molecule has 7 heteroatoms. The third-order valence-corrected chi connectivity index (χ3v) is 6.41. The van der Waals surface area contributed by atoms with Crippen LogP contribution in [0.3, 0.4) is 0 Å². The molecule has 0 amide bonds. The zero-order chi connectivity index (χ0) is 23.2. The van der Waals surface area contributed by atoms with E-state index >= 15 is 0 Å². The van der Waals surface area contributed by atoms with Gasteiger partial charge < -0.3 is 14.2 Å². The number of anilines is 1. The van der Waals surface area contributed by atoms with Crippen LogP contribution in [0, 0.1) is 0 Å². The molecule has 0 unspecified atom stereocenters. The van der Waals surface area contributed by atoms with Crippen LogP contribution in [0.4, 0.5) is 5.69 Å². The molecular weight excluding hydrogens is 450 g/mol. The molecule has 34 heavy (non-hydrogen) atoms.